The first kappa shape index (κ1) is 17.4. The van der Waals surface area contributed by atoms with Gasteiger partial charge in [0.2, 0.25) is 11.7 Å². The molecule has 0 amide bonds. The van der Waals surface area contributed by atoms with Gasteiger partial charge in [0.25, 0.3) is 0 Å². The van der Waals surface area contributed by atoms with Crippen LogP contribution in [0.5, 0.6) is 0 Å². The van der Waals surface area contributed by atoms with Crippen molar-refractivity contribution in [2.24, 2.45) is 0 Å². The molecule has 7 heteroatoms. The molecule has 1 N–H and O–H groups in total. The summed E-state index contributed by atoms with van der Waals surface area (Å²) in [6, 6.07) is 12.7. The van der Waals surface area contributed by atoms with Crippen molar-refractivity contribution in [2.75, 3.05) is 5.32 Å². The number of aryl methyl sites for hydroxylation is 2. The predicted molar refractivity (Wildman–Crippen MR) is 103 cm³/mol. The summed E-state index contributed by atoms with van der Waals surface area (Å²) in [7, 11) is 0. The van der Waals surface area contributed by atoms with E-state index in [0.29, 0.717) is 24.1 Å². The Bertz CT molecular complexity index is 1140. The van der Waals surface area contributed by atoms with E-state index >= 15 is 0 Å². The van der Waals surface area contributed by atoms with Crippen molar-refractivity contribution >= 4 is 28.3 Å². The largest absolute Gasteiger partial charge is 0.365 e. The number of fused-ring (bicyclic) bond motifs is 1. The average Bonchev–Trinajstić information content (AvgIpc) is 3.08. The van der Waals surface area contributed by atoms with Crippen LogP contribution >= 0.6 is 11.6 Å². The van der Waals surface area contributed by atoms with E-state index in [-0.39, 0.29) is 5.02 Å². The Hall–Kier alpha value is -2.99. The lowest BCUT2D eigenvalue weighted by molar-refractivity contribution is 0.394. The molecule has 0 aliphatic rings. The van der Waals surface area contributed by atoms with Crippen molar-refractivity contribution in [1.82, 2.24) is 15.1 Å². The van der Waals surface area contributed by atoms with Crippen LogP contribution in [0.1, 0.15) is 17.0 Å². The summed E-state index contributed by atoms with van der Waals surface area (Å²) in [6.07, 6.45) is 0. The van der Waals surface area contributed by atoms with Crippen molar-refractivity contribution < 1.29 is 8.91 Å². The zero-order valence-electron chi connectivity index (χ0n) is 14.8. The molecule has 0 atom stereocenters. The summed E-state index contributed by atoms with van der Waals surface area (Å²) in [5.74, 6) is 1.12. The molecule has 0 aliphatic heterocycles. The van der Waals surface area contributed by atoms with Crippen molar-refractivity contribution in [3.8, 4) is 11.4 Å². The maximum atomic E-state index is 13.4. The second kappa shape index (κ2) is 6.96. The molecule has 0 unspecified atom stereocenters. The Kier molecular flexibility index (Phi) is 4.49. The smallest absolute Gasteiger partial charge is 0.223 e. The number of anilines is 1. The maximum absolute atomic E-state index is 13.4. The highest BCUT2D eigenvalue weighted by molar-refractivity contribution is 6.30. The number of hydrogen-bond acceptors (Lipinski definition) is 5. The molecule has 0 aliphatic carbocycles. The normalized spacial score (nSPS) is 11.1. The third-order valence-corrected chi connectivity index (χ3v) is 4.48. The Morgan fingerprint density at radius 1 is 1.07 bits per heavy atom. The molecule has 27 heavy (non-hydrogen) atoms. The molecule has 136 valence electrons. The molecule has 0 bridgehead atoms. The van der Waals surface area contributed by atoms with Crippen LogP contribution in [0.15, 0.2) is 47.0 Å². The molecule has 2 aromatic heterocycles. The number of nitrogens with zero attached hydrogens (tertiary/aromatic N) is 3. The van der Waals surface area contributed by atoms with E-state index in [1.54, 1.807) is 19.1 Å². The van der Waals surface area contributed by atoms with E-state index in [9.17, 15) is 4.39 Å². The number of nitrogens with one attached hydrogen (secondary N) is 1. The first-order valence-electron chi connectivity index (χ1n) is 8.39. The summed E-state index contributed by atoms with van der Waals surface area (Å²) in [5.41, 5.74) is 3.55. The van der Waals surface area contributed by atoms with Gasteiger partial charge in [0, 0.05) is 18.9 Å². The highest BCUT2D eigenvalue weighted by atomic mass is 35.5. The summed E-state index contributed by atoms with van der Waals surface area (Å²) in [5, 5.41) is 8.37. The molecule has 0 saturated heterocycles. The van der Waals surface area contributed by atoms with E-state index in [1.165, 1.54) is 6.07 Å². The highest BCUT2D eigenvalue weighted by Crippen LogP contribution is 2.29. The number of aromatic nitrogens is 3. The van der Waals surface area contributed by atoms with E-state index in [1.807, 2.05) is 31.2 Å². The summed E-state index contributed by atoms with van der Waals surface area (Å²) < 4.78 is 18.5. The molecule has 0 spiro atoms. The van der Waals surface area contributed by atoms with Gasteiger partial charge in [-0.2, -0.15) is 4.98 Å². The third kappa shape index (κ3) is 3.61. The number of benzene rings is 2. The lowest BCUT2D eigenvalue weighted by Gasteiger charge is -2.11. The van der Waals surface area contributed by atoms with Crippen LogP contribution < -0.4 is 5.32 Å². The van der Waals surface area contributed by atoms with Gasteiger partial charge in [-0.05, 0) is 42.3 Å². The van der Waals surface area contributed by atoms with Crippen LogP contribution in [0.3, 0.4) is 0 Å². The molecule has 0 radical (unpaired) electrons. The molecule has 0 fully saturated rings. The van der Waals surface area contributed by atoms with Crippen LogP contribution in [0.25, 0.3) is 22.3 Å². The van der Waals surface area contributed by atoms with Gasteiger partial charge in [-0.15, -0.1) is 0 Å². The summed E-state index contributed by atoms with van der Waals surface area (Å²) >= 11 is 5.87. The van der Waals surface area contributed by atoms with Gasteiger partial charge in [-0.3, -0.25) is 0 Å². The van der Waals surface area contributed by atoms with Crippen molar-refractivity contribution in [2.45, 2.75) is 20.4 Å². The van der Waals surface area contributed by atoms with Gasteiger partial charge >= 0.3 is 0 Å². The molecule has 4 aromatic rings. The Balaban J connectivity index is 1.75. The number of halogens is 2. The predicted octanol–water partition coefficient (Wildman–Crippen LogP) is 5.31. The molecular weight excluding hydrogens is 367 g/mol. The SMILES string of the molecule is Cc1ccc2cc(-c3noc(C)n3)c(NCc3ccc(F)c(Cl)c3)nc2c1. The summed E-state index contributed by atoms with van der Waals surface area (Å²) in [4.78, 5) is 9.06. The van der Waals surface area contributed by atoms with Crippen molar-refractivity contribution in [3.05, 3.63) is 70.3 Å². The molecule has 4 rings (SSSR count). The first-order valence-corrected chi connectivity index (χ1v) is 8.77. The van der Waals surface area contributed by atoms with Crippen LogP contribution in [0.4, 0.5) is 10.2 Å². The fraction of sp³-hybridized carbons (Fsp3) is 0.150. The molecular formula is C20H16ClFN4O. The van der Waals surface area contributed by atoms with Crippen LogP contribution in [0.2, 0.25) is 5.02 Å². The third-order valence-electron chi connectivity index (χ3n) is 4.19. The number of hydrogen-bond donors (Lipinski definition) is 1. The number of rotatable bonds is 4. The minimum atomic E-state index is -0.442. The average molecular weight is 383 g/mol. The highest BCUT2D eigenvalue weighted by Gasteiger charge is 2.14. The Morgan fingerprint density at radius 2 is 1.93 bits per heavy atom. The fourth-order valence-corrected chi connectivity index (χ4v) is 3.03. The van der Waals surface area contributed by atoms with Crippen molar-refractivity contribution in [3.63, 3.8) is 0 Å². The van der Waals surface area contributed by atoms with E-state index in [0.717, 1.165) is 27.6 Å². The van der Waals surface area contributed by atoms with Gasteiger partial charge in [0.15, 0.2) is 0 Å². The lowest BCUT2D eigenvalue weighted by atomic mass is 10.1. The summed E-state index contributed by atoms with van der Waals surface area (Å²) in [6.45, 7) is 4.18. The zero-order valence-corrected chi connectivity index (χ0v) is 15.5. The molecule has 2 heterocycles. The lowest BCUT2D eigenvalue weighted by Crippen LogP contribution is -2.04. The zero-order chi connectivity index (χ0) is 19.0. The Morgan fingerprint density at radius 3 is 2.67 bits per heavy atom. The van der Waals surface area contributed by atoms with E-state index in [2.05, 4.69) is 15.5 Å². The monoisotopic (exact) mass is 382 g/mol. The van der Waals surface area contributed by atoms with E-state index in [4.69, 9.17) is 21.1 Å². The fourth-order valence-electron chi connectivity index (χ4n) is 2.83. The first-order chi connectivity index (χ1) is 13.0. The topological polar surface area (TPSA) is 63.8 Å². The molecule has 2 aromatic carbocycles. The minimum absolute atomic E-state index is 0.0883. The van der Waals surface area contributed by atoms with Gasteiger partial charge in [-0.25, -0.2) is 9.37 Å². The van der Waals surface area contributed by atoms with Gasteiger partial charge in [0.1, 0.15) is 11.6 Å². The second-order valence-corrected chi connectivity index (χ2v) is 6.73. The quantitative estimate of drug-likeness (QED) is 0.518. The van der Waals surface area contributed by atoms with Crippen LogP contribution in [-0.2, 0) is 6.54 Å². The molecule has 5 nitrogen and oxygen atoms in total. The minimum Gasteiger partial charge on any atom is -0.365 e. The van der Waals surface area contributed by atoms with Gasteiger partial charge < -0.3 is 9.84 Å². The molecule has 0 saturated carbocycles. The van der Waals surface area contributed by atoms with Gasteiger partial charge in [0.05, 0.1) is 16.1 Å². The number of pyridine rings is 1. The maximum Gasteiger partial charge on any atom is 0.223 e. The standard InChI is InChI=1S/C20H16ClFN4O/c1-11-3-5-14-9-15(20-24-12(2)27-26-20)19(25-18(14)7-11)23-10-13-4-6-17(22)16(21)8-13/h3-9H,10H2,1-2H3,(H,23,25). The van der Waals surface area contributed by atoms with Crippen LogP contribution in [-0.4, -0.2) is 15.1 Å². The van der Waals surface area contributed by atoms with Crippen LogP contribution in [0, 0.1) is 19.7 Å². The van der Waals surface area contributed by atoms with Gasteiger partial charge in [-0.1, -0.05) is 35.0 Å². The second-order valence-electron chi connectivity index (χ2n) is 6.32. The van der Waals surface area contributed by atoms with Crippen molar-refractivity contribution in [1.29, 1.82) is 0 Å². The Labute approximate surface area is 160 Å². The van der Waals surface area contributed by atoms with E-state index < -0.39 is 5.82 Å².